The van der Waals surface area contributed by atoms with Crippen molar-refractivity contribution < 1.29 is 14.3 Å². The molecule has 0 bridgehead atoms. The predicted molar refractivity (Wildman–Crippen MR) is 126 cm³/mol. The summed E-state index contributed by atoms with van der Waals surface area (Å²) < 4.78 is 4.94. The molecule has 0 spiro atoms. The van der Waals surface area contributed by atoms with E-state index >= 15 is 0 Å². The third-order valence-corrected chi connectivity index (χ3v) is 6.76. The monoisotopic (exact) mass is 431 g/mol. The van der Waals surface area contributed by atoms with Crippen molar-refractivity contribution in [3.8, 4) is 11.3 Å². The first-order valence-corrected chi connectivity index (χ1v) is 11.5. The van der Waals surface area contributed by atoms with Crippen LogP contribution in [0.2, 0.25) is 0 Å². The number of carbonyl (C=O) groups excluding carboxylic acids is 2. The molecule has 2 fully saturated rings. The Kier molecular flexibility index (Phi) is 5.60. The molecule has 1 unspecified atom stereocenters. The van der Waals surface area contributed by atoms with Gasteiger partial charge in [0.25, 0.3) is 5.91 Å². The van der Waals surface area contributed by atoms with Crippen LogP contribution in [0.3, 0.4) is 0 Å². The van der Waals surface area contributed by atoms with Crippen LogP contribution in [0.4, 0.5) is 5.69 Å². The summed E-state index contributed by atoms with van der Waals surface area (Å²) in [4.78, 5) is 30.9. The van der Waals surface area contributed by atoms with Gasteiger partial charge in [-0.05, 0) is 49.4 Å². The number of hydrogen-bond donors (Lipinski definition) is 2. The molecule has 1 aromatic heterocycles. The van der Waals surface area contributed by atoms with Gasteiger partial charge in [-0.15, -0.1) is 0 Å². The van der Waals surface area contributed by atoms with Gasteiger partial charge in [0, 0.05) is 29.2 Å². The molecule has 0 radical (unpaired) electrons. The van der Waals surface area contributed by atoms with E-state index < -0.39 is 6.04 Å². The lowest BCUT2D eigenvalue weighted by molar-refractivity contribution is -0.145. The normalized spacial score (nSPS) is 18.9. The molecule has 2 N–H and O–H groups in total. The second kappa shape index (κ2) is 8.69. The van der Waals surface area contributed by atoms with Crippen molar-refractivity contribution >= 4 is 28.5 Å². The van der Waals surface area contributed by atoms with Crippen molar-refractivity contribution in [2.75, 3.05) is 19.0 Å². The number of carbonyl (C=O) groups is 2. The van der Waals surface area contributed by atoms with Crippen molar-refractivity contribution in [2.45, 2.75) is 50.6 Å². The van der Waals surface area contributed by atoms with Crippen LogP contribution in [0.25, 0.3) is 22.2 Å². The molecule has 2 aromatic carbocycles. The van der Waals surface area contributed by atoms with Crippen LogP contribution in [0.1, 0.15) is 48.9 Å². The Balaban J connectivity index is 1.55. The number of nitrogens with one attached hydrogen (secondary N) is 2. The third-order valence-electron chi connectivity index (χ3n) is 6.76. The summed E-state index contributed by atoms with van der Waals surface area (Å²) in [6, 6.07) is 16.1. The first kappa shape index (κ1) is 20.6. The lowest BCUT2D eigenvalue weighted by atomic mass is 10.1. The number of aromatic nitrogens is 1. The maximum atomic E-state index is 13.5. The summed E-state index contributed by atoms with van der Waals surface area (Å²) in [6.07, 6.45) is 6.20. The smallest absolute Gasteiger partial charge is 0.328 e. The van der Waals surface area contributed by atoms with Crippen molar-refractivity contribution in [3.05, 3.63) is 54.1 Å². The average Bonchev–Trinajstić information content (AvgIpc) is 3.59. The summed E-state index contributed by atoms with van der Waals surface area (Å²) in [5.74, 6) is -0.453. The van der Waals surface area contributed by atoms with Crippen molar-refractivity contribution in [1.29, 1.82) is 0 Å². The average molecular weight is 432 g/mol. The van der Waals surface area contributed by atoms with Crippen LogP contribution < -0.4 is 5.32 Å². The molecule has 6 heteroatoms. The third kappa shape index (κ3) is 3.85. The maximum absolute atomic E-state index is 13.5. The highest BCUT2D eigenvalue weighted by atomic mass is 16.5. The number of nitrogens with zero attached hydrogens (tertiary/aromatic N) is 1. The zero-order chi connectivity index (χ0) is 22.1. The number of ether oxygens (including phenoxy) is 1. The van der Waals surface area contributed by atoms with Gasteiger partial charge in [-0.3, -0.25) is 4.79 Å². The van der Waals surface area contributed by atoms with Crippen LogP contribution in [-0.2, 0) is 9.53 Å². The van der Waals surface area contributed by atoms with Crippen LogP contribution in [0, 0.1) is 0 Å². The van der Waals surface area contributed by atoms with Gasteiger partial charge in [0.05, 0.1) is 18.3 Å². The second-order valence-electron chi connectivity index (χ2n) is 8.84. The van der Waals surface area contributed by atoms with E-state index in [4.69, 9.17) is 4.74 Å². The molecule has 3 aromatic rings. The van der Waals surface area contributed by atoms with E-state index in [1.807, 2.05) is 30.3 Å². The number of hydrogen-bond acceptors (Lipinski definition) is 4. The summed E-state index contributed by atoms with van der Waals surface area (Å²) in [7, 11) is 1.38. The molecule has 5 rings (SSSR count). The van der Waals surface area contributed by atoms with Gasteiger partial charge >= 0.3 is 5.97 Å². The number of amides is 1. The Morgan fingerprint density at radius 3 is 2.56 bits per heavy atom. The highest BCUT2D eigenvalue weighted by Gasteiger charge is 2.35. The minimum Gasteiger partial charge on any atom is -0.467 e. The van der Waals surface area contributed by atoms with Crippen LogP contribution in [-0.4, -0.2) is 47.5 Å². The van der Waals surface area contributed by atoms with Crippen molar-refractivity contribution in [2.24, 2.45) is 0 Å². The number of H-pyrrole nitrogens is 1. The van der Waals surface area contributed by atoms with E-state index in [0.717, 1.165) is 47.1 Å². The quantitative estimate of drug-likeness (QED) is 0.560. The Morgan fingerprint density at radius 2 is 1.81 bits per heavy atom. The number of esters is 1. The molecule has 1 aliphatic carbocycles. The minimum absolute atomic E-state index is 0.114. The Labute approximate surface area is 187 Å². The van der Waals surface area contributed by atoms with E-state index in [0.29, 0.717) is 24.6 Å². The van der Waals surface area contributed by atoms with E-state index in [2.05, 4.69) is 28.5 Å². The molecule has 2 aliphatic rings. The maximum Gasteiger partial charge on any atom is 0.328 e. The zero-order valence-electron chi connectivity index (χ0n) is 18.4. The number of rotatable bonds is 5. The number of anilines is 1. The molecule has 1 atom stereocenters. The number of fused-ring (bicyclic) bond motifs is 1. The molecule has 32 heavy (non-hydrogen) atoms. The molecular formula is C26H29N3O3. The fourth-order valence-electron chi connectivity index (χ4n) is 5.10. The van der Waals surface area contributed by atoms with Gasteiger partial charge in [-0.2, -0.15) is 0 Å². The Morgan fingerprint density at radius 1 is 1.03 bits per heavy atom. The van der Waals surface area contributed by atoms with Gasteiger partial charge in [0.15, 0.2) is 0 Å². The number of methoxy groups -OCH3 is 1. The van der Waals surface area contributed by atoms with Crippen molar-refractivity contribution in [3.63, 3.8) is 0 Å². The van der Waals surface area contributed by atoms with Crippen LogP contribution in [0.5, 0.6) is 0 Å². The van der Waals surface area contributed by atoms with Crippen LogP contribution in [0.15, 0.2) is 48.5 Å². The highest BCUT2D eigenvalue weighted by molar-refractivity contribution is 6.04. The molecular weight excluding hydrogens is 402 g/mol. The predicted octanol–water partition coefficient (Wildman–Crippen LogP) is 4.97. The number of likely N-dealkylation sites (tertiary alicyclic amines) is 1. The molecule has 6 nitrogen and oxygen atoms in total. The second-order valence-corrected chi connectivity index (χ2v) is 8.84. The number of benzene rings is 2. The number of aromatic amines is 1. The van der Waals surface area contributed by atoms with E-state index in [9.17, 15) is 9.59 Å². The van der Waals surface area contributed by atoms with E-state index in [-0.39, 0.29) is 11.9 Å². The van der Waals surface area contributed by atoms with Gasteiger partial charge in [-0.1, -0.05) is 43.2 Å². The molecule has 1 aliphatic heterocycles. The summed E-state index contributed by atoms with van der Waals surface area (Å²) in [5, 5.41) is 4.68. The van der Waals surface area contributed by atoms with E-state index in [1.54, 1.807) is 4.90 Å². The van der Waals surface area contributed by atoms with Gasteiger partial charge in [0.1, 0.15) is 6.04 Å². The largest absolute Gasteiger partial charge is 0.467 e. The van der Waals surface area contributed by atoms with Gasteiger partial charge in [0.2, 0.25) is 0 Å². The summed E-state index contributed by atoms with van der Waals surface area (Å²) in [5.41, 5.74) is 4.70. The molecule has 166 valence electrons. The summed E-state index contributed by atoms with van der Waals surface area (Å²) in [6.45, 7) is 0.574. The Bertz CT molecular complexity index is 1130. The zero-order valence-corrected chi connectivity index (χ0v) is 18.4. The molecule has 1 saturated heterocycles. The Hall–Kier alpha value is -3.28. The summed E-state index contributed by atoms with van der Waals surface area (Å²) >= 11 is 0. The molecule has 1 amide bonds. The van der Waals surface area contributed by atoms with Crippen LogP contribution >= 0.6 is 0 Å². The fourth-order valence-corrected chi connectivity index (χ4v) is 5.10. The fraction of sp³-hybridized carbons (Fsp3) is 0.385. The lowest BCUT2D eigenvalue weighted by Crippen LogP contribution is -2.41. The van der Waals surface area contributed by atoms with Crippen molar-refractivity contribution in [1.82, 2.24) is 9.88 Å². The first-order valence-electron chi connectivity index (χ1n) is 11.5. The first-order chi connectivity index (χ1) is 15.6. The topological polar surface area (TPSA) is 74.4 Å². The van der Waals surface area contributed by atoms with Gasteiger partial charge < -0.3 is 19.9 Å². The lowest BCUT2D eigenvalue weighted by Gasteiger charge is -2.23. The minimum atomic E-state index is -0.499. The molecule has 2 heterocycles. The van der Waals surface area contributed by atoms with E-state index in [1.165, 1.54) is 20.0 Å². The standard InChI is InChI=1S/C26H29N3O3/c1-32-26(31)23-12-7-13-29(23)25(30)19-14-18-15-21(17-8-3-2-4-9-17)28-24(18)22(16-19)27-20-10-5-6-11-20/h2-4,8-9,14-16,20,23,27-28H,5-7,10-13H2,1H3. The SMILES string of the molecule is COC(=O)C1CCCN1C(=O)c1cc(NC2CCCC2)c2[nH]c(-c3ccccc3)cc2c1. The highest BCUT2D eigenvalue weighted by Crippen LogP contribution is 2.33. The van der Waals surface area contributed by atoms with Gasteiger partial charge in [-0.25, -0.2) is 4.79 Å². The molecule has 1 saturated carbocycles.